The topological polar surface area (TPSA) is 8.17 Å². The smallest absolute Gasteiger partial charge is 0.0541 e. The van der Waals surface area contributed by atoms with Crippen LogP contribution in [0, 0.1) is 6.92 Å². The van der Waals surface area contributed by atoms with Crippen molar-refractivity contribution in [1.29, 1.82) is 0 Å². The lowest BCUT2D eigenvalue weighted by molar-refractivity contribution is 1.18. The number of aromatic nitrogens is 1. The van der Waals surface area contributed by atoms with Crippen molar-refractivity contribution < 1.29 is 0 Å². The SMILES string of the molecule is C/C=C1/c2ccccc2-c2cc(N(c3ccc(-c4ccccc4-n4c5ccccc5c5ccccc54)cc3)c3cccc(-c4ccccc4)c3)cc(C)c21. The van der Waals surface area contributed by atoms with Crippen molar-refractivity contribution in [2.24, 2.45) is 0 Å². The molecule has 2 heteroatoms. The van der Waals surface area contributed by atoms with Crippen molar-refractivity contribution in [1.82, 2.24) is 4.57 Å². The summed E-state index contributed by atoms with van der Waals surface area (Å²) >= 11 is 0. The first-order chi connectivity index (χ1) is 26.7. The number of rotatable bonds is 6. The van der Waals surface area contributed by atoms with Gasteiger partial charge in [0.1, 0.15) is 0 Å². The highest BCUT2D eigenvalue weighted by Crippen LogP contribution is 2.49. The molecule has 0 saturated heterocycles. The quantitative estimate of drug-likeness (QED) is 0.169. The molecule has 0 amide bonds. The molecule has 0 N–H and O–H groups in total. The average Bonchev–Trinajstić information content (AvgIpc) is 3.75. The van der Waals surface area contributed by atoms with E-state index in [1.165, 1.54) is 83.1 Å². The zero-order chi connectivity index (χ0) is 36.2. The molecule has 0 unspecified atom stereocenters. The predicted molar refractivity (Wildman–Crippen MR) is 229 cm³/mol. The van der Waals surface area contributed by atoms with Gasteiger partial charge in [0.05, 0.1) is 16.7 Å². The monoisotopic (exact) mass is 690 g/mol. The van der Waals surface area contributed by atoms with Crippen molar-refractivity contribution in [3.05, 3.63) is 211 Å². The summed E-state index contributed by atoms with van der Waals surface area (Å²) in [7, 11) is 0. The van der Waals surface area contributed by atoms with Gasteiger partial charge in [-0.1, -0.05) is 140 Å². The average molecular weight is 691 g/mol. The van der Waals surface area contributed by atoms with Crippen LogP contribution in [0.2, 0.25) is 0 Å². The summed E-state index contributed by atoms with van der Waals surface area (Å²) < 4.78 is 2.42. The molecule has 0 bridgehead atoms. The number of para-hydroxylation sites is 3. The highest BCUT2D eigenvalue weighted by atomic mass is 15.1. The molecule has 256 valence electrons. The number of benzene rings is 8. The van der Waals surface area contributed by atoms with Crippen LogP contribution in [-0.2, 0) is 0 Å². The van der Waals surface area contributed by atoms with E-state index in [2.05, 4.69) is 217 Å². The second-order valence-corrected chi connectivity index (χ2v) is 14.1. The van der Waals surface area contributed by atoms with E-state index >= 15 is 0 Å². The molecule has 10 rings (SSSR count). The first kappa shape index (κ1) is 31.8. The zero-order valence-corrected chi connectivity index (χ0v) is 30.4. The maximum Gasteiger partial charge on any atom is 0.0541 e. The first-order valence-corrected chi connectivity index (χ1v) is 18.7. The van der Waals surface area contributed by atoms with Crippen LogP contribution in [-0.4, -0.2) is 4.57 Å². The van der Waals surface area contributed by atoms with E-state index < -0.39 is 0 Å². The van der Waals surface area contributed by atoms with Crippen LogP contribution in [0.15, 0.2) is 194 Å². The molecular weight excluding hydrogens is 653 g/mol. The lowest BCUT2D eigenvalue weighted by Gasteiger charge is -2.27. The minimum absolute atomic E-state index is 1.11. The normalized spacial score (nSPS) is 12.7. The summed E-state index contributed by atoms with van der Waals surface area (Å²) in [4.78, 5) is 2.42. The molecule has 0 fully saturated rings. The number of aryl methyl sites for hydroxylation is 1. The fourth-order valence-electron chi connectivity index (χ4n) is 8.64. The van der Waals surface area contributed by atoms with E-state index in [9.17, 15) is 0 Å². The number of anilines is 3. The van der Waals surface area contributed by atoms with Crippen LogP contribution in [0.1, 0.15) is 23.6 Å². The van der Waals surface area contributed by atoms with Crippen molar-refractivity contribution in [2.75, 3.05) is 4.90 Å². The summed E-state index contributed by atoms with van der Waals surface area (Å²) in [6.45, 7) is 4.40. The Bertz CT molecular complexity index is 2840. The Morgan fingerprint density at radius 3 is 1.76 bits per heavy atom. The summed E-state index contributed by atoms with van der Waals surface area (Å²) in [5, 5.41) is 2.53. The fourth-order valence-corrected chi connectivity index (χ4v) is 8.64. The summed E-state index contributed by atoms with van der Waals surface area (Å²) in [5.41, 5.74) is 19.5. The minimum Gasteiger partial charge on any atom is -0.310 e. The Labute approximate surface area is 316 Å². The minimum atomic E-state index is 1.11. The molecule has 9 aromatic rings. The van der Waals surface area contributed by atoms with Gasteiger partial charge in [-0.25, -0.2) is 0 Å². The summed E-state index contributed by atoms with van der Waals surface area (Å²) in [6, 6.07) is 68.5. The highest BCUT2D eigenvalue weighted by Gasteiger charge is 2.27. The third kappa shape index (κ3) is 5.10. The van der Waals surface area contributed by atoms with E-state index in [4.69, 9.17) is 0 Å². The largest absolute Gasteiger partial charge is 0.310 e. The van der Waals surface area contributed by atoms with Crippen LogP contribution in [0.4, 0.5) is 17.1 Å². The Balaban J connectivity index is 1.13. The maximum atomic E-state index is 2.42. The predicted octanol–water partition coefficient (Wildman–Crippen LogP) is 14.3. The number of fused-ring (bicyclic) bond motifs is 6. The van der Waals surface area contributed by atoms with Gasteiger partial charge in [0.15, 0.2) is 0 Å². The van der Waals surface area contributed by atoms with Gasteiger partial charge in [-0.05, 0) is 119 Å². The molecule has 0 spiro atoms. The second kappa shape index (κ2) is 12.9. The van der Waals surface area contributed by atoms with Gasteiger partial charge in [0.2, 0.25) is 0 Å². The first-order valence-electron chi connectivity index (χ1n) is 18.7. The standard InChI is InChI=1S/C52H38N2/c1-3-42-44-21-7-8-22-45(44)48-34-41(32-35(2)52(42)48)53(40-19-15-18-38(33-40)36-16-5-4-6-17-36)39-30-28-37(29-31-39)43-20-9-12-25-49(43)54-50-26-13-10-23-46(50)47-24-11-14-27-51(47)54/h3-34H,1-2H3/b42-3-. The lowest BCUT2D eigenvalue weighted by atomic mass is 9.97. The molecule has 54 heavy (non-hydrogen) atoms. The Hall–Kier alpha value is -6.90. The van der Waals surface area contributed by atoms with E-state index in [1.807, 2.05) is 0 Å². The van der Waals surface area contributed by atoms with E-state index in [-0.39, 0.29) is 0 Å². The number of allylic oxidation sites excluding steroid dienone is 1. The third-order valence-corrected chi connectivity index (χ3v) is 11.0. The molecule has 0 saturated carbocycles. The second-order valence-electron chi connectivity index (χ2n) is 14.1. The van der Waals surface area contributed by atoms with E-state index in [0.29, 0.717) is 0 Å². The Morgan fingerprint density at radius 1 is 0.426 bits per heavy atom. The van der Waals surface area contributed by atoms with Gasteiger partial charge < -0.3 is 9.47 Å². The van der Waals surface area contributed by atoms with E-state index in [1.54, 1.807) is 0 Å². The summed E-state index contributed by atoms with van der Waals surface area (Å²) in [5.74, 6) is 0. The number of hydrogen-bond donors (Lipinski definition) is 0. The molecule has 8 aromatic carbocycles. The summed E-state index contributed by atoms with van der Waals surface area (Å²) in [6.07, 6.45) is 2.26. The fraction of sp³-hybridized carbons (Fsp3) is 0.0385. The lowest BCUT2D eigenvalue weighted by Crippen LogP contribution is -2.11. The Morgan fingerprint density at radius 2 is 1.04 bits per heavy atom. The van der Waals surface area contributed by atoms with Gasteiger partial charge in [-0.2, -0.15) is 0 Å². The van der Waals surface area contributed by atoms with Crippen molar-refractivity contribution in [3.8, 4) is 39.1 Å². The van der Waals surface area contributed by atoms with Crippen LogP contribution >= 0.6 is 0 Å². The van der Waals surface area contributed by atoms with Crippen molar-refractivity contribution in [3.63, 3.8) is 0 Å². The van der Waals surface area contributed by atoms with Gasteiger partial charge >= 0.3 is 0 Å². The zero-order valence-electron chi connectivity index (χ0n) is 30.4. The van der Waals surface area contributed by atoms with Gasteiger partial charge in [-0.3, -0.25) is 0 Å². The highest BCUT2D eigenvalue weighted by molar-refractivity contribution is 6.10. The Kier molecular flexibility index (Phi) is 7.63. The molecule has 0 atom stereocenters. The molecule has 1 aliphatic carbocycles. The van der Waals surface area contributed by atoms with Crippen LogP contribution in [0.3, 0.4) is 0 Å². The van der Waals surface area contributed by atoms with Crippen molar-refractivity contribution in [2.45, 2.75) is 13.8 Å². The van der Waals surface area contributed by atoms with Gasteiger partial charge in [0, 0.05) is 33.4 Å². The molecule has 1 aromatic heterocycles. The molecule has 2 nitrogen and oxygen atoms in total. The molecule has 1 heterocycles. The molecular formula is C52H38N2. The van der Waals surface area contributed by atoms with Crippen LogP contribution < -0.4 is 4.90 Å². The third-order valence-electron chi connectivity index (χ3n) is 11.0. The van der Waals surface area contributed by atoms with Gasteiger partial charge in [0.25, 0.3) is 0 Å². The van der Waals surface area contributed by atoms with E-state index in [0.717, 1.165) is 17.1 Å². The number of nitrogens with zero attached hydrogens (tertiary/aromatic N) is 2. The number of hydrogen-bond acceptors (Lipinski definition) is 1. The van der Waals surface area contributed by atoms with Crippen LogP contribution in [0.25, 0.3) is 66.4 Å². The van der Waals surface area contributed by atoms with Crippen LogP contribution in [0.5, 0.6) is 0 Å². The van der Waals surface area contributed by atoms with Gasteiger partial charge in [-0.15, -0.1) is 0 Å². The van der Waals surface area contributed by atoms with Crippen molar-refractivity contribution >= 4 is 44.4 Å². The molecule has 0 aliphatic heterocycles. The maximum absolute atomic E-state index is 2.42. The molecule has 1 aliphatic rings. The molecule has 0 radical (unpaired) electrons.